The van der Waals surface area contributed by atoms with Crippen molar-refractivity contribution in [2.75, 3.05) is 0 Å². The molecule has 270 valence electrons. The molecule has 0 spiro atoms. The highest BCUT2D eigenvalue weighted by atomic mass is 16.3. The first kappa shape index (κ1) is 33.0. The van der Waals surface area contributed by atoms with E-state index in [1.165, 1.54) is 9.47 Å². The van der Waals surface area contributed by atoms with E-state index in [-0.39, 0.29) is 17.3 Å². The normalized spacial score (nSPS) is 15.4. The van der Waals surface area contributed by atoms with Gasteiger partial charge in [0.15, 0.2) is 0 Å². The number of carbonyl (C=O) groups excluding carboxylic acids is 2. The Bertz CT molecular complexity index is 3070. The largest absolute Gasteiger partial charge is 0.494 e. The Hall–Kier alpha value is -6.62. The average molecular weight is 725 g/mol. The SMILES string of the molecule is CCC(NC(C)N1C(=O)c2cccc3cc(-n4c5ccccc5c5ccccc54)cc(c23)C1=O)NC(C)n1c(O)c2cccc3cc4c(c(c1=O)c32)=NC=C4. The molecule has 0 fully saturated rings. The number of para-hydroxylation sites is 2. The van der Waals surface area contributed by atoms with Crippen LogP contribution in [0.15, 0.2) is 119 Å². The van der Waals surface area contributed by atoms with E-state index >= 15 is 0 Å². The highest BCUT2D eigenvalue weighted by Gasteiger charge is 2.37. The van der Waals surface area contributed by atoms with Crippen LogP contribution in [0.4, 0.5) is 0 Å². The molecule has 0 radical (unpaired) electrons. The minimum Gasteiger partial charge on any atom is -0.494 e. The quantitative estimate of drug-likeness (QED) is 0.110. The predicted octanol–water partition coefficient (Wildman–Crippen LogP) is 7.51. The third-order valence-corrected chi connectivity index (χ3v) is 11.3. The fourth-order valence-electron chi connectivity index (χ4n) is 8.83. The summed E-state index contributed by atoms with van der Waals surface area (Å²) < 4.78 is 3.53. The monoisotopic (exact) mass is 724 g/mol. The number of hydrogen-bond acceptors (Lipinski definition) is 7. The summed E-state index contributed by atoms with van der Waals surface area (Å²) in [5, 5.41) is 25.2. The van der Waals surface area contributed by atoms with Crippen LogP contribution >= 0.6 is 0 Å². The maximum absolute atomic E-state index is 14.6. The molecule has 4 heterocycles. The number of amides is 2. The molecule has 6 aromatic carbocycles. The Balaban J connectivity index is 0.998. The molecule has 3 unspecified atom stereocenters. The number of hydrogen-bond donors (Lipinski definition) is 3. The van der Waals surface area contributed by atoms with Gasteiger partial charge in [-0.05, 0) is 79.6 Å². The molecule has 10 nitrogen and oxygen atoms in total. The second-order valence-corrected chi connectivity index (χ2v) is 14.4. The minimum atomic E-state index is -0.734. The molecule has 0 bridgehead atoms. The zero-order chi connectivity index (χ0) is 37.7. The molecule has 0 saturated carbocycles. The number of nitrogens with one attached hydrogen (secondary N) is 2. The molecule has 0 aliphatic carbocycles. The first-order valence-electron chi connectivity index (χ1n) is 18.6. The Morgan fingerprint density at radius 3 is 2.05 bits per heavy atom. The first-order valence-corrected chi connectivity index (χ1v) is 18.6. The maximum atomic E-state index is 14.6. The van der Waals surface area contributed by atoms with E-state index in [2.05, 4.69) is 44.5 Å². The number of fused-ring (bicyclic) bond motifs is 5. The van der Waals surface area contributed by atoms with Crippen LogP contribution in [0.5, 0.6) is 5.88 Å². The number of carbonyl (C=O) groups is 2. The van der Waals surface area contributed by atoms with Gasteiger partial charge in [-0.15, -0.1) is 0 Å². The molecule has 2 amide bonds. The lowest BCUT2D eigenvalue weighted by Crippen LogP contribution is -2.58. The Labute approximate surface area is 314 Å². The molecular weight excluding hydrogens is 689 g/mol. The Morgan fingerprint density at radius 2 is 1.33 bits per heavy atom. The van der Waals surface area contributed by atoms with Crippen molar-refractivity contribution in [3.8, 4) is 11.6 Å². The topological polar surface area (TPSA) is 121 Å². The van der Waals surface area contributed by atoms with E-state index in [0.717, 1.165) is 43.8 Å². The fourth-order valence-corrected chi connectivity index (χ4v) is 8.83. The second-order valence-electron chi connectivity index (χ2n) is 14.4. The van der Waals surface area contributed by atoms with Crippen molar-refractivity contribution in [1.82, 2.24) is 24.7 Å². The van der Waals surface area contributed by atoms with Crippen molar-refractivity contribution in [2.45, 2.75) is 45.7 Å². The molecule has 2 aliphatic rings. The third kappa shape index (κ3) is 4.75. The minimum absolute atomic E-state index is 0.151. The summed E-state index contributed by atoms with van der Waals surface area (Å²) >= 11 is 0. The van der Waals surface area contributed by atoms with Gasteiger partial charge >= 0.3 is 0 Å². The third-order valence-electron chi connectivity index (χ3n) is 11.3. The van der Waals surface area contributed by atoms with Crippen molar-refractivity contribution < 1.29 is 14.7 Å². The summed E-state index contributed by atoms with van der Waals surface area (Å²) in [6.45, 7) is 5.56. The number of aromatic nitrogens is 2. The van der Waals surface area contributed by atoms with Crippen molar-refractivity contribution in [3.63, 3.8) is 0 Å². The highest BCUT2D eigenvalue weighted by molar-refractivity contribution is 6.26. The molecule has 2 aromatic heterocycles. The van der Waals surface area contributed by atoms with Gasteiger partial charge in [0.25, 0.3) is 17.4 Å². The smallest absolute Gasteiger partial charge is 0.264 e. The molecule has 0 saturated heterocycles. The maximum Gasteiger partial charge on any atom is 0.264 e. The summed E-state index contributed by atoms with van der Waals surface area (Å²) in [5.74, 6) is -0.932. The van der Waals surface area contributed by atoms with Crippen LogP contribution in [0.1, 0.15) is 59.6 Å². The number of pyridine rings is 1. The lowest BCUT2D eigenvalue weighted by atomic mass is 9.93. The first-order chi connectivity index (χ1) is 26.7. The van der Waals surface area contributed by atoms with Crippen molar-refractivity contribution >= 4 is 72.0 Å². The average Bonchev–Trinajstić information content (AvgIpc) is 3.80. The van der Waals surface area contributed by atoms with E-state index in [1.807, 2.05) is 79.7 Å². The Morgan fingerprint density at radius 1 is 0.691 bits per heavy atom. The number of rotatable bonds is 8. The van der Waals surface area contributed by atoms with E-state index in [9.17, 15) is 19.5 Å². The van der Waals surface area contributed by atoms with Crippen LogP contribution in [-0.2, 0) is 0 Å². The van der Waals surface area contributed by atoms with Crippen LogP contribution in [0.2, 0.25) is 0 Å². The number of imide groups is 1. The molecule has 10 heteroatoms. The van der Waals surface area contributed by atoms with E-state index in [0.29, 0.717) is 44.4 Å². The zero-order valence-corrected chi connectivity index (χ0v) is 30.4. The molecule has 55 heavy (non-hydrogen) atoms. The molecule has 8 aromatic rings. The van der Waals surface area contributed by atoms with Gasteiger partial charge in [-0.25, -0.2) is 0 Å². The molecule has 3 N–H and O–H groups in total. The van der Waals surface area contributed by atoms with Gasteiger partial charge in [-0.1, -0.05) is 67.6 Å². The number of nitrogens with zero attached hydrogens (tertiary/aromatic N) is 4. The second kappa shape index (κ2) is 12.2. The van der Waals surface area contributed by atoms with Gasteiger partial charge in [0, 0.05) is 49.9 Å². The van der Waals surface area contributed by atoms with Gasteiger partial charge in [-0.2, -0.15) is 0 Å². The van der Waals surface area contributed by atoms with Gasteiger partial charge in [-0.3, -0.25) is 39.5 Å². The zero-order valence-electron chi connectivity index (χ0n) is 30.4. The van der Waals surface area contributed by atoms with Crippen LogP contribution in [-0.4, -0.2) is 43.3 Å². The lowest BCUT2D eigenvalue weighted by Gasteiger charge is -2.35. The Kier molecular flexibility index (Phi) is 7.32. The van der Waals surface area contributed by atoms with E-state index in [4.69, 9.17) is 0 Å². The van der Waals surface area contributed by atoms with Crippen LogP contribution in [0.25, 0.3) is 65.9 Å². The molecular formula is C45H36N6O4. The van der Waals surface area contributed by atoms with Crippen molar-refractivity contribution in [1.29, 1.82) is 0 Å². The fraction of sp³-hybridized carbons (Fsp3) is 0.156. The van der Waals surface area contributed by atoms with Crippen molar-refractivity contribution in [2.24, 2.45) is 4.99 Å². The highest BCUT2D eigenvalue weighted by Crippen LogP contribution is 2.37. The summed E-state index contributed by atoms with van der Waals surface area (Å²) in [6, 6.07) is 33.5. The van der Waals surface area contributed by atoms with Crippen LogP contribution < -0.4 is 21.6 Å². The summed E-state index contributed by atoms with van der Waals surface area (Å²) in [4.78, 5) is 48.7. The standard InChI is InChI=1S/C45H36N6O4/c1-4-37(48-25(3)50-43(53)33-16-9-11-26-21-28-19-20-46-41(28)40(39(26)33)45(50)55)47-24(2)49-42(52)32-15-10-12-27-22-29(23-34(38(27)32)44(49)54)51-35-17-7-5-13-30(35)31-14-6-8-18-36(31)51/h5-25,37,47-48,53H,4H2,1-3H3. The van der Waals surface area contributed by atoms with Crippen molar-refractivity contribution in [3.05, 3.63) is 142 Å². The number of aromatic hydroxyl groups is 1. The van der Waals surface area contributed by atoms with Crippen LogP contribution in [0, 0.1) is 0 Å². The summed E-state index contributed by atoms with van der Waals surface area (Å²) in [7, 11) is 0. The summed E-state index contributed by atoms with van der Waals surface area (Å²) in [6.07, 6.45) is 2.23. The van der Waals surface area contributed by atoms with E-state index in [1.54, 1.807) is 32.2 Å². The van der Waals surface area contributed by atoms with Gasteiger partial charge in [0.1, 0.15) is 0 Å². The van der Waals surface area contributed by atoms with Gasteiger partial charge < -0.3 is 9.67 Å². The lowest BCUT2D eigenvalue weighted by molar-refractivity contribution is 0.0502. The van der Waals surface area contributed by atoms with E-state index < -0.39 is 24.4 Å². The molecule has 2 aliphatic heterocycles. The predicted molar refractivity (Wildman–Crippen MR) is 216 cm³/mol. The molecule has 3 atom stereocenters. The van der Waals surface area contributed by atoms with Gasteiger partial charge in [0.05, 0.1) is 45.8 Å². The van der Waals surface area contributed by atoms with Crippen LogP contribution in [0.3, 0.4) is 0 Å². The number of benzene rings is 6. The summed E-state index contributed by atoms with van der Waals surface area (Å²) in [5.41, 5.74) is 4.28. The van der Waals surface area contributed by atoms with Gasteiger partial charge in [0.2, 0.25) is 5.88 Å². The molecule has 10 rings (SSSR count).